The summed E-state index contributed by atoms with van der Waals surface area (Å²) in [4.78, 5) is 10.2. The minimum atomic E-state index is -0.734. The lowest BCUT2D eigenvalue weighted by molar-refractivity contribution is -0.881. The highest BCUT2D eigenvalue weighted by Crippen LogP contribution is 1.93. The molecule has 0 bridgehead atoms. The topological polar surface area (TPSA) is 37.3 Å². The van der Waals surface area contributed by atoms with E-state index in [1.54, 1.807) is 0 Å². The molecule has 3 nitrogen and oxygen atoms in total. The fourth-order valence-electron chi connectivity index (χ4n) is 0.478. The molecule has 9 heavy (non-hydrogen) atoms. The molecular formula is C6H14NO2+. The second kappa shape index (κ2) is 2.82. The van der Waals surface area contributed by atoms with Crippen molar-refractivity contribution < 1.29 is 14.4 Å². The number of hydrogen-bond donors (Lipinski definition) is 1. The Labute approximate surface area is 55.5 Å². The standard InChI is InChI=1S/C6H13NO2/c1-4-7(2,3)5-6(8)9/h4-5H2,1-3H3/p+1. The van der Waals surface area contributed by atoms with Crippen LogP contribution in [0.15, 0.2) is 0 Å². The molecule has 0 heterocycles. The van der Waals surface area contributed by atoms with Crippen LogP contribution in [0.2, 0.25) is 0 Å². The normalized spacial score (nSPS) is 11.4. The highest BCUT2D eigenvalue weighted by atomic mass is 16.4. The van der Waals surface area contributed by atoms with Gasteiger partial charge in [0, 0.05) is 0 Å². The van der Waals surface area contributed by atoms with Gasteiger partial charge in [-0.2, -0.15) is 0 Å². The lowest BCUT2D eigenvalue weighted by Gasteiger charge is -2.25. The van der Waals surface area contributed by atoms with Crippen molar-refractivity contribution in [3.8, 4) is 0 Å². The molecule has 0 aliphatic heterocycles. The van der Waals surface area contributed by atoms with Crippen LogP contribution in [0.25, 0.3) is 0 Å². The molecule has 0 aromatic carbocycles. The summed E-state index contributed by atoms with van der Waals surface area (Å²) in [5.74, 6) is -0.734. The SMILES string of the molecule is CC[N+](C)(C)CC(=O)O. The summed E-state index contributed by atoms with van der Waals surface area (Å²) >= 11 is 0. The van der Waals surface area contributed by atoms with Gasteiger partial charge < -0.3 is 9.59 Å². The van der Waals surface area contributed by atoms with Crippen LogP contribution in [0, 0.1) is 0 Å². The monoisotopic (exact) mass is 132 g/mol. The Morgan fingerprint density at radius 3 is 2.11 bits per heavy atom. The minimum Gasteiger partial charge on any atom is -0.477 e. The van der Waals surface area contributed by atoms with E-state index in [2.05, 4.69) is 0 Å². The first-order valence-electron chi connectivity index (χ1n) is 3.02. The largest absolute Gasteiger partial charge is 0.477 e. The highest BCUT2D eigenvalue weighted by Gasteiger charge is 2.15. The molecule has 0 fully saturated rings. The molecule has 0 amide bonds. The van der Waals surface area contributed by atoms with Gasteiger partial charge in [0.25, 0.3) is 0 Å². The van der Waals surface area contributed by atoms with Gasteiger partial charge in [-0.15, -0.1) is 0 Å². The van der Waals surface area contributed by atoms with E-state index in [0.717, 1.165) is 6.54 Å². The minimum absolute atomic E-state index is 0.205. The fraction of sp³-hybridized carbons (Fsp3) is 0.833. The first-order chi connectivity index (χ1) is 3.98. The van der Waals surface area contributed by atoms with Gasteiger partial charge in [-0.05, 0) is 6.92 Å². The van der Waals surface area contributed by atoms with Gasteiger partial charge in [0.1, 0.15) is 0 Å². The number of rotatable bonds is 3. The second-order valence-electron chi connectivity index (χ2n) is 2.80. The van der Waals surface area contributed by atoms with Crippen LogP contribution in [0.5, 0.6) is 0 Å². The molecule has 0 aliphatic carbocycles. The molecular weight excluding hydrogens is 118 g/mol. The summed E-state index contributed by atoms with van der Waals surface area (Å²) in [7, 11) is 3.79. The van der Waals surface area contributed by atoms with Crippen LogP contribution in [-0.4, -0.2) is 42.7 Å². The Morgan fingerprint density at radius 2 is 2.00 bits per heavy atom. The van der Waals surface area contributed by atoms with E-state index in [1.807, 2.05) is 21.0 Å². The van der Waals surface area contributed by atoms with E-state index in [4.69, 9.17) is 5.11 Å². The number of aliphatic carboxylic acids is 1. The highest BCUT2D eigenvalue weighted by molar-refractivity contribution is 5.67. The number of likely N-dealkylation sites (N-methyl/N-ethyl adjacent to an activating group) is 1. The maximum atomic E-state index is 10.2. The maximum Gasteiger partial charge on any atom is 0.359 e. The zero-order valence-corrected chi connectivity index (χ0v) is 6.22. The van der Waals surface area contributed by atoms with Crippen molar-refractivity contribution in [2.75, 3.05) is 27.2 Å². The Morgan fingerprint density at radius 1 is 1.56 bits per heavy atom. The molecule has 0 aromatic heterocycles. The average Bonchev–Trinajstić information content (AvgIpc) is 1.63. The zero-order valence-electron chi connectivity index (χ0n) is 6.22. The third kappa shape index (κ3) is 3.97. The van der Waals surface area contributed by atoms with Crippen LogP contribution in [-0.2, 0) is 4.79 Å². The number of quaternary nitrogens is 1. The lowest BCUT2D eigenvalue weighted by Crippen LogP contribution is -2.43. The van der Waals surface area contributed by atoms with E-state index in [0.29, 0.717) is 4.48 Å². The van der Waals surface area contributed by atoms with Crippen molar-refractivity contribution in [3.63, 3.8) is 0 Å². The molecule has 0 aromatic rings. The summed E-state index contributed by atoms with van der Waals surface area (Å²) in [6.45, 7) is 3.03. The van der Waals surface area contributed by atoms with Gasteiger partial charge in [0.15, 0.2) is 6.54 Å². The number of carboxylic acid groups (broad SMARTS) is 1. The Bertz CT molecular complexity index is 110. The summed E-state index contributed by atoms with van der Waals surface area (Å²) in [6, 6.07) is 0. The smallest absolute Gasteiger partial charge is 0.359 e. The molecule has 1 N–H and O–H groups in total. The number of carbonyl (C=O) groups is 1. The summed E-state index contributed by atoms with van der Waals surface area (Å²) in [5, 5.41) is 8.36. The third-order valence-electron chi connectivity index (χ3n) is 1.42. The molecule has 0 aliphatic rings. The van der Waals surface area contributed by atoms with Gasteiger partial charge in [-0.25, -0.2) is 4.79 Å². The van der Waals surface area contributed by atoms with Crippen molar-refractivity contribution in [2.24, 2.45) is 0 Å². The number of nitrogens with zero attached hydrogens (tertiary/aromatic N) is 1. The van der Waals surface area contributed by atoms with Gasteiger partial charge >= 0.3 is 5.97 Å². The van der Waals surface area contributed by atoms with E-state index in [-0.39, 0.29) is 6.54 Å². The van der Waals surface area contributed by atoms with Gasteiger partial charge in [-0.3, -0.25) is 0 Å². The van der Waals surface area contributed by atoms with E-state index in [1.165, 1.54) is 0 Å². The summed E-state index contributed by atoms with van der Waals surface area (Å²) in [5.41, 5.74) is 0. The summed E-state index contributed by atoms with van der Waals surface area (Å²) in [6.07, 6.45) is 0. The third-order valence-corrected chi connectivity index (χ3v) is 1.42. The van der Waals surface area contributed by atoms with Crippen molar-refractivity contribution in [3.05, 3.63) is 0 Å². The van der Waals surface area contributed by atoms with E-state index in [9.17, 15) is 4.79 Å². The molecule has 3 heteroatoms. The van der Waals surface area contributed by atoms with E-state index >= 15 is 0 Å². The van der Waals surface area contributed by atoms with Crippen LogP contribution in [0.3, 0.4) is 0 Å². The molecule has 0 spiro atoms. The first-order valence-corrected chi connectivity index (χ1v) is 3.02. The first kappa shape index (κ1) is 8.43. The lowest BCUT2D eigenvalue weighted by atomic mass is 10.4. The predicted molar refractivity (Wildman–Crippen MR) is 35.2 cm³/mol. The molecule has 0 rings (SSSR count). The molecule has 54 valence electrons. The van der Waals surface area contributed by atoms with Crippen LogP contribution < -0.4 is 0 Å². The van der Waals surface area contributed by atoms with Crippen LogP contribution >= 0.6 is 0 Å². The molecule has 0 unspecified atom stereocenters. The number of hydrogen-bond acceptors (Lipinski definition) is 1. The summed E-state index contributed by atoms with van der Waals surface area (Å²) < 4.78 is 0.551. The van der Waals surface area contributed by atoms with Crippen LogP contribution in [0.1, 0.15) is 6.92 Å². The Balaban J connectivity index is 3.71. The van der Waals surface area contributed by atoms with E-state index < -0.39 is 5.97 Å². The second-order valence-corrected chi connectivity index (χ2v) is 2.80. The maximum absolute atomic E-state index is 10.2. The van der Waals surface area contributed by atoms with Gasteiger partial charge in [0.05, 0.1) is 20.6 Å². The molecule has 0 saturated carbocycles. The zero-order chi connectivity index (χ0) is 7.49. The number of carboxylic acids is 1. The predicted octanol–water partition coefficient (Wildman–Crippen LogP) is 0.167. The molecule has 0 atom stereocenters. The van der Waals surface area contributed by atoms with Crippen molar-refractivity contribution in [2.45, 2.75) is 6.92 Å². The molecule has 0 radical (unpaired) electrons. The van der Waals surface area contributed by atoms with Crippen molar-refractivity contribution >= 4 is 5.97 Å². The van der Waals surface area contributed by atoms with Gasteiger partial charge in [-0.1, -0.05) is 0 Å². The van der Waals surface area contributed by atoms with Gasteiger partial charge in [0.2, 0.25) is 0 Å². The Kier molecular flexibility index (Phi) is 2.65. The molecule has 0 saturated heterocycles. The quantitative estimate of drug-likeness (QED) is 0.556. The fourth-order valence-corrected chi connectivity index (χ4v) is 0.478. The average molecular weight is 132 g/mol. The van der Waals surface area contributed by atoms with Crippen molar-refractivity contribution in [1.29, 1.82) is 0 Å². The Hall–Kier alpha value is -0.570. The van der Waals surface area contributed by atoms with Crippen LogP contribution in [0.4, 0.5) is 0 Å². The van der Waals surface area contributed by atoms with Crippen molar-refractivity contribution in [1.82, 2.24) is 0 Å².